The molecular weight excluding hydrogens is 367 g/mol. The van der Waals surface area contributed by atoms with Crippen molar-refractivity contribution in [1.29, 1.82) is 0 Å². The van der Waals surface area contributed by atoms with Gasteiger partial charge >= 0.3 is 6.18 Å². The fraction of sp³-hybridized carbons (Fsp3) is 0.400. The fourth-order valence-electron chi connectivity index (χ4n) is 3.74. The molecule has 0 radical (unpaired) electrons. The number of rotatable bonds is 3. The summed E-state index contributed by atoms with van der Waals surface area (Å²) in [5.41, 5.74) is 6.17. The molecule has 3 aromatic rings. The molecule has 5 nitrogen and oxygen atoms in total. The zero-order chi connectivity index (χ0) is 19.9. The van der Waals surface area contributed by atoms with Crippen LogP contribution in [0.1, 0.15) is 38.2 Å². The quantitative estimate of drug-likeness (QED) is 0.606. The Balaban J connectivity index is 1.71. The van der Waals surface area contributed by atoms with Crippen LogP contribution in [0.4, 0.5) is 19.1 Å². The van der Waals surface area contributed by atoms with Crippen LogP contribution in [0.15, 0.2) is 36.7 Å². The van der Waals surface area contributed by atoms with Crippen LogP contribution in [0.25, 0.3) is 22.2 Å². The second-order valence-corrected chi connectivity index (χ2v) is 7.77. The Morgan fingerprint density at radius 2 is 1.93 bits per heavy atom. The Kier molecular flexibility index (Phi) is 4.53. The summed E-state index contributed by atoms with van der Waals surface area (Å²) in [6, 6.07) is 7.32. The maximum absolute atomic E-state index is 13.6. The predicted molar refractivity (Wildman–Crippen MR) is 103 cm³/mol. The molecule has 4 rings (SSSR count). The minimum Gasteiger partial charge on any atom is -0.360 e. The monoisotopic (exact) mass is 389 g/mol. The third-order valence-corrected chi connectivity index (χ3v) is 5.40. The molecule has 4 N–H and O–H groups in total. The molecule has 0 unspecified atom stereocenters. The maximum Gasteiger partial charge on any atom is 0.419 e. The number of fused-ring (bicyclic) bond motifs is 1. The second-order valence-electron chi connectivity index (χ2n) is 7.77. The normalized spacial score (nSPS) is 23.1. The smallest absolute Gasteiger partial charge is 0.360 e. The lowest BCUT2D eigenvalue weighted by Gasteiger charge is -2.34. The zero-order valence-corrected chi connectivity index (χ0v) is 15.5. The third kappa shape index (κ3) is 3.69. The molecular formula is C20H22F3N5. The summed E-state index contributed by atoms with van der Waals surface area (Å²) in [5, 5.41) is 3.88. The molecule has 0 amide bonds. The first kappa shape index (κ1) is 18.7. The van der Waals surface area contributed by atoms with E-state index in [9.17, 15) is 13.2 Å². The van der Waals surface area contributed by atoms with Crippen LogP contribution in [0.3, 0.4) is 0 Å². The Labute approximate surface area is 160 Å². The highest BCUT2D eigenvalue weighted by molar-refractivity contribution is 5.95. The van der Waals surface area contributed by atoms with Gasteiger partial charge in [0.25, 0.3) is 0 Å². The number of para-hydroxylation sites is 1. The molecule has 0 bridgehead atoms. The standard InChI is InChI=1S/C20H22F3N5/c1-19(24)8-6-12(7-9-19)27-18-26-11-15(20(21,22)23)17(28-18)14-10-25-16-5-3-2-4-13(14)16/h2-5,10-12,25H,6-9,24H2,1H3,(H,26,27,28). The Morgan fingerprint density at radius 1 is 1.21 bits per heavy atom. The van der Waals surface area contributed by atoms with Gasteiger partial charge in [-0.2, -0.15) is 13.2 Å². The highest BCUT2D eigenvalue weighted by atomic mass is 19.4. The van der Waals surface area contributed by atoms with Gasteiger partial charge in [0.15, 0.2) is 0 Å². The van der Waals surface area contributed by atoms with Crippen molar-refractivity contribution in [3.05, 3.63) is 42.2 Å². The summed E-state index contributed by atoms with van der Waals surface area (Å²) < 4.78 is 40.8. The molecule has 0 spiro atoms. The van der Waals surface area contributed by atoms with Gasteiger partial charge in [-0.1, -0.05) is 18.2 Å². The SMILES string of the molecule is CC1(N)CCC(Nc2ncc(C(F)(F)F)c(-c3c[nH]c4ccccc34)n2)CC1. The van der Waals surface area contributed by atoms with Crippen LogP contribution < -0.4 is 11.1 Å². The van der Waals surface area contributed by atoms with Crippen molar-refractivity contribution >= 4 is 16.9 Å². The van der Waals surface area contributed by atoms with Crippen molar-refractivity contribution in [3.8, 4) is 11.3 Å². The van der Waals surface area contributed by atoms with Crippen LogP contribution in [-0.2, 0) is 6.18 Å². The minimum absolute atomic E-state index is 0.101. The average Bonchev–Trinajstić information content (AvgIpc) is 3.06. The summed E-state index contributed by atoms with van der Waals surface area (Å²) in [4.78, 5) is 11.2. The van der Waals surface area contributed by atoms with Gasteiger partial charge in [0.2, 0.25) is 5.95 Å². The molecule has 1 fully saturated rings. The number of hydrogen-bond acceptors (Lipinski definition) is 4. The van der Waals surface area contributed by atoms with Crippen LogP contribution in [0.5, 0.6) is 0 Å². The molecule has 0 aliphatic heterocycles. The van der Waals surface area contributed by atoms with Gasteiger partial charge in [-0.25, -0.2) is 9.97 Å². The second kappa shape index (κ2) is 6.77. The van der Waals surface area contributed by atoms with Crippen LogP contribution in [0.2, 0.25) is 0 Å². The van der Waals surface area contributed by atoms with E-state index in [2.05, 4.69) is 20.3 Å². The van der Waals surface area contributed by atoms with E-state index in [0.29, 0.717) is 10.9 Å². The van der Waals surface area contributed by atoms with E-state index in [1.54, 1.807) is 18.3 Å². The van der Waals surface area contributed by atoms with Gasteiger partial charge in [0, 0.05) is 40.4 Å². The lowest BCUT2D eigenvalue weighted by Crippen LogP contribution is -2.43. The van der Waals surface area contributed by atoms with Gasteiger partial charge < -0.3 is 16.0 Å². The number of aromatic amines is 1. The largest absolute Gasteiger partial charge is 0.419 e. The predicted octanol–water partition coefficient (Wildman–Crippen LogP) is 4.72. The molecule has 1 saturated carbocycles. The molecule has 2 aromatic heterocycles. The molecule has 148 valence electrons. The number of H-pyrrole nitrogens is 1. The third-order valence-electron chi connectivity index (χ3n) is 5.40. The first-order valence-corrected chi connectivity index (χ1v) is 9.29. The molecule has 0 atom stereocenters. The Bertz CT molecular complexity index is 983. The van der Waals surface area contributed by atoms with E-state index in [1.807, 2.05) is 19.1 Å². The molecule has 8 heteroatoms. The van der Waals surface area contributed by atoms with Crippen molar-refractivity contribution < 1.29 is 13.2 Å². The van der Waals surface area contributed by atoms with Gasteiger partial charge in [-0.15, -0.1) is 0 Å². The molecule has 0 saturated heterocycles. The van der Waals surface area contributed by atoms with E-state index < -0.39 is 11.7 Å². The van der Waals surface area contributed by atoms with Crippen LogP contribution in [0, 0.1) is 0 Å². The number of nitrogens with one attached hydrogen (secondary N) is 2. The average molecular weight is 389 g/mol. The van der Waals surface area contributed by atoms with E-state index in [4.69, 9.17) is 5.73 Å². The highest BCUT2D eigenvalue weighted by Crippen LogP contribution is 2.38. The van der Waals surface area contributed by atoms with Gasteiger partial charge in [0.05, 0.1) is 5.69 Å². The fourth-order valence-corrected chi connectivity index (χ4v) is 3.74. The first-order valence-electron chi connectivity index (χ1n) is 9.29. The Hall–Kier alpha value is -2.61. The summed E-state index contributed by atoms with van der Waals surface area (Å²) in [6.45, 7) is 2.02. The van der Waals surface area contributed by atoms with E-state index >= 15 is 0 Å². The van der Waals surface area contributed by atoms with Crippen molar-refractivity contribution in [2.24, 2.45) is 5.73 Å². The molecule has 2 heterocycles. The Morgan fingerprint density at radius 3 is 2.64 bits per heavy atom. The van der Waals surface area contributed by atoms with E-state index in [-0.39, 0.29) is 23.2 Å². The number of anilines is 1. The topological polar surface area (TPSA) is 79.6 Å². The molecule has 1 aromatic carbocycles. The van der Waals surface area contributed by atoms with Crippen molar-refractivity contribution in [2.75, 3.05) is 5.32 Å². The number of aromatic nitrogens is 3. The van der Waals surface area contributed by atoms with Crippen molar-refractivity contribution in [2.45, 2.75) is 50.4 Å². The number of halogens is 3. The minimum atomic E-state index is -4.54. The maximum atomic E-state index is 13.6. The number of hydrogen-bond donors (Lipinski definition) is 3. The van der Waals surface area contributed by atoms with Gasteiger partial charge in [-0.05, 0) is 38.7 Å². The summed E-state index contributed by atoms with van der Waals surface area (Å²) >= 11 is 0. The molecule has 1 aliphatic carbocycles. The first-order chi connectivity index (χ1) is 13.2. The van der Waals surface area contributed by atoms with Crippen LogP contribution >= 0.6 is 0 Å². The van der Waals surface area contributed by atoms with Crippen molar-refractivity contribution in [1.82, 2.24) is 15.0 Å². The van der Waals surface area contributed by atoms with Gasteiger partial charge in [-0.3, -0.25) is 0 Å². The van der Waals surface area contributed by atoms with E-state index in [1.165, 1.54) is 0 Å². The lowest BCUT2D eigenvalue weighted by atomic mass is 9.82. The summed E-state index contributed by atoms with van der Waals surface area (Å²) in [5.74, 6) is 0.207. The van der Waals surface area contributed by atoms with Gasteiger partial charge in [0.1, 0.15) is 5.56 Å². The number of benzene rings is 1. The molecule has 28 heavy (non-hydrogen) atoms. The van der Waals surface area contributed by atoms with Crippen molar-refractivity contribution in [3.63, 3.8) is 0 Å². The number of nitrogens with zero attached hydrogens (tertiary/aromatic N) is 2. The summed E-state index contributed by atoms with van der Waals surface area (Å²) in [7, 11) is 0. The zero-order valence-electron chi connectivity index (χ0n) is 15.5. The lowest BCUT2D eigenvalue weighted by molar-refractivity contribution is -0.137. The van der Waals surface area contributed by atoms with Crippen LogP contribution in [-0.4, -0.2) is 26.5 Å². The number of alkyl halides is 3. The number of nitrogens with two attached hydrogens (primary N) is 1. The highest BCUT2D eigenvalue weighted by Gasteiger charge is 2.36. The molecule has 1 aliphatic rings. The summed E-state index contributed by atoms with van der Waals surface area (Å²) in [6.07, 6.45) is 1.24. The van der Waals surface area contributed by atoms with E-state index in [0.717, 1.165) is 37.4 Å².